The van der Waals surface area contributed by atoms with Crippen LogP contribution in [0.1, 0.15) is 39.0 Å². The molecule has 1 saturated heterocycles. The molecule has 25 heavy (non-hydrogen) atoms. The number of hydrogen-bond acceptors (Lipinski definition) is 4. The molecule has 1 saturated carbocycles. The quantitative estimate of drug-likeness (QED) is 0.195. The zero-order valence-corrected chi connectivity index (χ0v) is 17.6. The number of rotatable bonds is 10. The van der Waals surface area contributed by atoms with Gasteiger partial charge < -0.3 is 25.4 Å². The number of amides is 1. The second-order valence-corrected chi connectivity index (χ2v) is 6.29. The maximum Gasteiger partial charge on any atom is 0.223 e. The van der Waals surface area contributed by atoms with E-state index in [1.54, 1.807) is 0 Å². The van der Waals surface area contributed by atoms with Gasteiger partial charge in [0.2, 0.25) is 5.91 Å². The third kappa shape index (κ3) is 10.2. The molecule has 8 heteroatoms. The Bertz CT molecular complexity index is 399. The predicted molar refractivity (Wildman–Crippen MR) is 110 cm³/mol. The minimum atomic E-state index is 0. The summed E-state index contributed by atoms with van der Waals surface area (Å²) < 4.78 is 11.2. The summed E-state index contributed by atoms with van der Waals surface area (Å²) >= 11 is 0. The van der Waals surface area contributed by atoms with Gasteiger partial charge in [-0.1, -0.05) is 0 Å². The molecular formula is C17H33IN4O3. The van der Waals surface area contributed by atoms with Crippen molar-refractivity contribution in [3.8, 4) is 0 Å². The molecule has 1 aliphatic heterocycles. The SMILES string of the molecule is CCNC(=NCCCOC1CCOCC1)NCCNC(=O)C1CC1.I. The van der Waals surface area contributed by atoms with Gasteiger partial charge in [-0.05, 0) is 39.0 Å². The molecule has 2 aliphatic rings. The molecule has 0 unspecified atom stereocenters. The highest BCUT2D eigenvalue weighted by atomic mass is 127. The standard InChI is InChI=1S/C17H32N4O3.HI/c1-2-18-17(21-10-9-19-16(22)14-4-5-14)20-8-3-11-24-15-6-12-23-13-7-15;/h14-15H,2-13H2,1H3,(H,19,22)(H2,18,20,21);1H. The Morgan fingerprint density at radius 1 is 1.12 bits per heavy atom. The van der Waals surface area contributed by atoms with Crippen molar-refractivity contribution in [2.45, 2.75) is 45.1 Å². The van der Waals surface area contributed by atoms with E-state index < -0.39 is 0 Å². The van der Waals surface area contributed by atoms with Crippen molar-refractivity contribution in [3.63, 3.8) is 0 Å². The Labute approximate surface area is 168 Å². The Kier molecular flexibility index (Phi) is 12.2. The van der Waals surface area contributed by atoms with Crippen LogP contribution in [-0.4, -0.2) is 64.0 Å². The summed E-state index contributed by atoms with van der Waals surface area (Å²) in [7, 11) is 0. The maximum absolute atomic E-state index is 11.5. The highest BCUT2D eigenvalue weighted by Gasteiger charge is 2.28. The van der Waals surface area contributed by atoms with E-state index >= 15 is 0 Å². The van der Waals surface area contributed by atoms with Gasteiger partial charge >= 0.3 is 0 Å². The van der Waals surface area contributed by atoms with Crippen molar-refractivity contribution >= 4 is 35.8 Å². The Morgan fingerprint density at radius 3 is 2.52 bits per heavy atom. The third-order valence-corrected chi connectivity index (χ3v) is 4.10. The summed E-state index contributed by atoms with van der Waals surface area (Å²) in [5.74, 6) is 1.25. The van der Waals surface area contributed by atoms with Crippen molar-refractivity contribution in [1.29, 1.82) is 0 Å². The Hall–Kier alpha value is -0.610. The van der Waals surface area contributed by atoms with Crippen molar-refractivity contribution in [3.05, 3.63) is 0 Å². The lowest BCUT2D eigenvalue weighted by Gasteiger charge is -2.22. The molecule has 7 nitrogen and oxygen atoms in total. The van der Waals surface area contributed by atoms with Crippen LogP contribution < -0.4 is 16.0 Å². The number of carbonyl (C=O) groups excluding carboxylic acids is 1. The van der Waals surface area contributed by atoms with E-state index in [0.717, 1.165) is 71.0 Å². The number of aliphatic imine (C=N–C) groups is 1. The summed E-state index contributed by atoms with van der Waals surface area (Å²) in [6.45, 7) is 7.27. The molecule has 0 bridgehead atoms. The number of halogens is 1. The van der Waals surface area contributed by atoms with Gasteiger partial charge in [-0.15, -0.1) is 24.0 Å². The molecule has 0 aromatic carbocycles. The average molecular weight is 468 g/mol. The number of carbonyl (C=O) groups is 1. The Morgan fingerprint density at radius 2 is 1.84 bits per heavy atom. The molecule has 2 rings (SSSR count). The van der Waals surface area contributed by atoms with Gasteiger partial charge in [0.25, 0.3) is 0 Å². The van der Waals surface area contributed by atoms with Gasteiger partial charge in [0.15, 0.2) is 5.96 Å². The topological polar surface area (TPSA) is 84.0 Å². The van der Waals surface area contributed by atoms with E-state index in [1.165, 1.54) is 0 Å². The number of hydrogen-bond donors (Lipinski definition) is 3. The molecule has 0 atom stereocenters. The minimum absolute atomic E-state index is 0. The fourth-order valence-corrected chi connectivity index (χ4v) is 2.55. The van der Waals surface area contributed by atoms with E-state index in [9.17, 15) is 4.79 Å². The highest BCUT2D eigenvalue weighted by Crippen LogP contribution is 2.28. The van der Waals surface area contributed by atoms with E-state index in [2.05, 4.69) is 20.9 Å². The normalized spacial score (nSPS) is 18.4. The summed E-state index contributed by atoms with van der Waals surface area (Å²) in [5, 5.41) is 9.40. The van der Waals surface area contributed by atoms with E-state index in [0.29, 0.717) is 19.2 Å². The minimum Gasteiger partial charge on any atom is -0.381 e. The summed E-state index contributed by atoms with van der Waals surface area (Å²) in [5.41, 5.74) is 0. The van der Waals surface area contributed by atoms with Crippen LogP contribution in [0.25, 0.3) is 0 Å². The van der Waals surface area contributed by atoms with Crippen LogP contribution in [0.2, 0.25) is 0 Å². The highest BCUT2D eigenvalue weighted by molar-refractivity contribution is 14.0. The smallest absolute Gasteiger partial charge is 0.223 e. The van der Waals surface area contributed by atoms with Gasteiger partial charge in [0.1, 0.15) is 0 Å². The molecule has 0 spiro atoms. The lowest BCUT2D eigenvalue weighted by molar-refractivity contribution is -0.122. The van der Waals surface area contributed by atoms with E-state index in [4.69, 9.17) is 9.47 Å². The summed E-state index contributed by atoms with van der Waals surface area (Å²) in [6.07, 6.45) is 5.34. The first-order valence-electron chi connectivity index (χ1n) is 9.29. The van der Waals surface area contributed by atoms with Gasteiger partial charge in [0, 0.05) is 51.9 Å². The summed E-state index contributed by atoms with van der Waals surface area (Å²) in [6, 6.07) is 0. The monoisotopic (exact) mass is 468 g/mol. The van der Waals surface area contributed by atoms with E-state index in [1.807, 2.05) is 6.92 Å². The van der Waals surface area contributed by atoms with Gasteiger partial charge in [0.05, 0.1) is 6.10 Å². The maximum atomic E-state index is 11.5. The third-order valence-electron chi connectivity index (χ3n) is 4.10. The van der Waals surface area contributed by atoms with Crippen LogP contribution >= 0.6 is 24.0 Å². The number of nitrogens with zero attached hydrogens (tertiary/aromatic N) is 1. The molecule has 3 N–H and O–H groups in total. The number of guanidine groups is 1. The van der Waals surface area contributed by atoms with Crippen LogP contribution in [0.4, 0.5) is 0 Å². The predicted octanol–water partition coefficient (Wildman–Crippen LogP) is 1.27. The molecule has 2 fully saturated rings. The second kappa shape index (κ2) is 13.6. The molecule has 0 radical (unpaired) electrons. The van der Waals surface area contributed by atoms with Gasteiger partial charge in [-0.2, -0.15) is 0 Å². The molecule has 1 amide bonds. The first kappa shape index (κ1) is 22.4. The van der Waals surface area contributed by atoms with Crippen molar-refractivity contribution in [2.75, 3.05) is 46.0 Å². The Balaban J connectivity index is 0.00000312. The molecule has 1 aliphatic carbocycles. The van der Waals surface area contributed by atoms with Gasteiger partial charge in [-0.3, -0.25) is 9.79 Å². The largest absolute Gasteiger partial charge is 0.381 e. The van der Waals surface area contributed by atoms with Crippen LogP contribution in [-0.2, 0) is 14.3 Å². The van der Waals surface area contributed by atoms with Crippen molar-refractivity contribution in [2.24, 2.45) is 10.9 Å². The van der Waals surface area contributed by atoms with Crippen molar-refractivity contribution < 1.29 is 14.3 Å². The second-order valence-electron chi connectivity index (χ2n) is 6.29. The van der Waals surface area contributed by atoms with Crippen LogP contribution in [0.3, 0.4) is 0 Å². The number of nitrogens with one attached hydrogen (secondary N) is 3. The van der Waals surface area contributed by atoms with Gasteiger partial charge in [-0.25, -0.2) is 0 Å². The zero-order valence-electron chi connectivity index (χ0n) is 15.2. The van der Waals surface area contributed by atoms with E-state index in [-0.39, 0.29) is 35.8 Å². The molecule has 0 aromatic rings. The fourth-order valence-electron chi connectivity index (χ4n) is 2.55. The molecule has 1 heterocycles. The average Bonchev–Trinajstić information content (AvgIpc) is 3.44. The van der Waals surface area contributed by atoms with Crippen LogP contribution in [0.5, 0.6) is 0 Å². The first-order valence-corrected chi connectivity index (χ1v) is 9.29. The molecule has 146 valence electrons. The molecule has 0 aromatic heterocycles. The van der Waals surface area contributed by atoms with Crippen molar-refractivity contribution in [1.82, 2.24) is 16.0 Å². The zero-order chi connectivity index (χ0) is 17.0. The lowest BCUT2D eigenvalue weighted by atomic mass is 10.1. The first-order chi connectivity index (χ1) is 11.8. The number of ether oxygens (including phenoxy) is 2. The fraction of sp³-hybridized carbons (Fsp3) is 0.882. The molecular weight excluding hydrogens is 435 g/mol. The lowest BCUT2D eigenvalue weighted by Crippen LogP contribution is -2.41. The van der Waals surface area contributed by atoms with Crippen LogP contribution in [0, 0.1) is 5.92 Å². The van der Waals surface area contributed by atoms with Crippen LogP contribution in [0.15, 0.2) is 4.99 Å². The summed E-state index contributed by atoms with van der Waals surface area (Å²) in [4.78, 5) is 16.1.